The van der Waals surface area contributed by atoms with Gasteiger partial charge in [0.15, 0.2) is 0 Å². The van der Waals surface area contributed by atoms with Crippen LogP contribution in [0.3, 0.4) is 0 Å². The van der Waals surface area contributed by atoms with Gasteiger partial charge in [-0.2, -0.15) is 4.31 Å². The van der Waals surface area contributed by atoms with Crippen LogP contribution in [-0.4, -0.2) is 32.6 Å². The maximum atomic E-state index is 12.4. The summed E-state index contributed by atoms with van der Waals surface area (Å²) in [4.78, 5) is 0.339. The highest BCUT2D eigenvalue weighted by atomic mass is 32.2. The van der Waals surface area contributed by atoms with Crippen LogP contribution >= 0.6 is 0 Å². The lowest BCUT2D eigenvalue weighted by Crippen LogP contribution is -2.38. The average Bonchev–Trinajstić information content (AvgIpc) is 2.39. The van der Waals surface area contributed by atoms with Crippen molar-refractivity contribution in [3.05, 3.63) is 29.8 Å². The van der Waals surface area contributed by atoms with E-state index in [1.807, 2.05) is 12.1 Å². The maximum absolute atomic E-state index is 12.4. The van der Waals surface area contributed by atoms with E-state index in [1.165, 1.54) is 4.31 Å². The summed E-state index contributed by atoms with van der Waals surface area (Å²) in [5, 5.41) is 0. The van der Waals surface area contributed by atoms with Crippen molar-refractivity contribution in [2.75, 3.05) is 19.9 Å². The van der Waals surface area contributed by atoms with Gasteiger partial charge in [0.25, 0.3) is 0 Å². The lowest BCUT2D eigenvalue weighted by molar-refractivity contribution is 0.0313. The van der Waals surface area contributed by atoms with E-state index < -0.39 is 10.0 Å². The van der Waals surface area contributed by atoms with E-state index in [1.54, 1.807) is 12.1 Å². The van der Waals surface area contributed by atoms with Gasteiger partial charge in [-0.3, -0.25) is 0 Å². The van der Waals surface area contributed by atoms with Gasteiger partial charge in [-0.05, 0) is 29.5 Å². The Bertz CT molecular complexity index is 523. The minimum Gasteiger partial charge on any atom is -0.365 e. The van der Waals surface area contributed by atoms with Crippen LogP contribution in [0.1, 0.15) is 32.8 Å². The Morgan fingerprint density at radius 2 is 1.79 bits per heavy atom. The van der Waals surface area contributed by atoms with Crippen molar-refractivity contribution in [3.63, 3.8) is 0 Å². The highest BCUT2D eigenvalue weighted by Crippen LogP contribution is 2.25. The minimum atomic E-state index is -3.42. The second-order valence-electron chi connectivity index (χ2n) is 5.85. The Labute approximate surface area is 115 Å². The molecular weight excluding hydrogens is 262 g/mol. The van der Waals surface area contributed by atoms with Gasteiger partial charge in [0.1, 0.15) is 6.73 Å². The number of ether oxygens (including phenoxy) is 1. The molecule has 1 aromatic carbocycles. The van der Waals surface area contributed by atoms with Gasteiger partial charge in [-0.1, -0.05) is 32.9 Å². The third-order valence-corrected chi connectivity index (χ3v) is 5.13. The second kappa shape index (κ2) is 5.23. The standard InChI is InChI=1S/C14H21NO3S/c1-14(2,3)12-5-7-13(8-6-12)19(16,17)15-9-4-10-18-11-15/h5-8H,4,9-11H2,1-3H3. The number of rotatable bonds is 2. The molecule has 0 amide bonds. The first-order valence-corrected chi connectivity index (χ1v) is 7.94. The minimum absolute atomic E-state index is 0.0243. The van der Waals surface area contributed by atoms with Gasteiger partial charge in [0, 0.05) is 13.2 Å². The Morgan fingerprint density at radius 3 is 2.26 bits per heavy atom. The molecule has 19 heavy (non-hydrogen) atoms. The summed E-state index contributed by atoms with van der Waals surface area (Å²) in [6, 6.07) is 7.14. The molecule has 2 rings (SSSR count). The fraction of sp³-hybridized carbons (Fsp3) is 0.571. The molecule has 1 saturated heterocycles. The van der Waals surface area contributed by atoms with E-state index in [2.05, 4.69) is 20.8 Å². The van der Waals surface area contributed by atoms with E-state index in [0.29, 0.717) is 18.0 Å². The van der Waals surface area contributed by atoms with Crippen LogP contribution in [0.2, 0.25) is 0 Å². The van der Waals surface area contributed by atoms with Gasteiger partial charge >= 0.3 is 0 Å². The predicted octanol–water partition coefficient (Wildman–Crippen LogP) is 2.35. The van der Waals surface area contributed by atoms with Crippen LogP contribution in [0.25, 0.3) is 0 Å². The molecular formula is C14H21NO3S. The fourth-order valence-corrected chi connectivity index (χ4v) is 3.40. The summed E-state index contributed by atoms with van der Waals surface area (Å²) >= 11 is 0. The van der Waals surface area contributed by atoms with Crippen LogP contribution in [0, 0.1) is 0 Å². The Hall–Kier alpha value is -0.910. The number of sulfonamides is 1. The first-order valence-electron chi connectivity index (χ1n) is 6.50. The Kier molecular flexibility index (Phi) is 3.99. The van der Waals surface area contributed by atoms with Crippen molar-refractivity contribution < 1.29 is 13.2 Å². The summed E-state index contributed by atoms with van der Waals surface area (Å²) in [7, 11) is -3.42. The van der Waals surface area contributed by atoms with Crippen molar-refractivity contribution in [1.82, 2.24) is 4.31 Å². The molecule has 106 valence electrons. The molecule has 0 aliphatic carbocycles. The molecule has 1 aliphatic heterocycles. The zero-order valence-corrected chi connectivity index (χ0v) is 12.5. The van der Waals surface area contributed by atoms with E-state index in [4.69, 9.17) is 4.74 Å². The Balaban J connectivity index is 2.26. The molecule has 0 N–H and O–H groups in total. The number of benzene rings is 1. The zero-order valence-electron chi connectivity index (χ0n) is 11.7. The Morgan fingerprint density at radius 1 is 1.16 bits per heavy atom. The molecule has 0 bridgehead atoms. The molecule has 0 spiro atoms. The van der Waals surface area contributed by atoms with Crippen LogP contribution in [-0.2, 0) is 20.2 Å². The van der Waals surface area contributed by atoms with Crippen molar-refractivity contribution in [2.45, 2.75) is 37.5 Å². The monoisotopic (exact) mass is 283 g/mol. The molecule has 5 heteroatoms. The average molecular weight is 283 g/mol. The quantitative estimate of drug-likeness (QED) is 0.837. The molecule has 0 aromatic heterocycles. The molecule has 0 saturated carbocycles. The molecule has 1 heterocycles. The van der Waals surface area contributed by atoms with Crippen molar-refractivity contribution >= 4 is 10.0 Å². The van der Waals surface area contributed by atoms with Crippen LogP contribution in [0.5, 0.6) is 0 Å². The fourth-order valence-electron chi connectivity index (χ4n) is 2.04. The summed E-state index contributed by atoms with van der Waals surface area (Å²) < 4.78 is 31.4. The van der Waals surface area contributed by atoms with E-state index in [9.17, 15) is 8.42 Å². The lowest BCUT2D eigenvalue weighted by Gasteiger charge is -2.26. The summed E-state index contributed by atoms with van der Waals surface area (Å²) in [6.07, 6.45) is 0.749. The normalized spacial score (nSPS) is 18.5. The number of hydrogen-bond acceptors (Lipinski definition) is 3. The highest BCUT2D eigenvalue weighted by molar-refractivity contribution is 7.89. The van der Waals surface area contributed by atoms with E-state index in [-0.39, 0.29) is 12.1 Å². The SMILES string of the molecule is CC(C)(C)c1ccc(S(=O)(=O)N2CCCOC2)cc1. The third-order valence-electron chi connectivity index (χ3n) is 3.29. The molecule has 0 atom stereocenters. The smallest absolute Gasteiger partial charge is 0.245 e. The van der Waals surface area contributed by atoms with E-state index in [0.717, 1.165) is 12.0 Å². The van der Waals surface area contributed by atoms with Crippen LogP contribution in [0.4, 0.5) is 0 Å². The van der Waals surface area contributed by atoms with Gasteiger partial charge < -0.3 is 4.74 Å². The zero-order chi connectivity index (χ0) is 14.1. The summed E-state index contributed by atoms with van der Waals surface area (Å²) in [6.45, 7) is 7.64. The lowest BCUT2D eigenvalue weighted by atomic mass is 9.87. The first kappa shape index (κ1) is 14.5. The van der Waals surface area contributed by atoms with Crippen molar-refractivity contribution in [3.8, 4) is 0 Å². The van der Waals surface area contributed by atoms with Gasteiger partial charge in [-0.15, -0.1) is 0 Å². The molecule has 1 aliphatic rings. The first-order chi connectivity index (χ1) is 8.82. The van der Waals surface area contributed by atoms with Gasteiger partial charge in [0.05, 0.1) is 4.90 Å². The molecule has 0 unspecified atom stereocenters. The van der Waals surface area contributed by atoms with Gasteiger partial charge in [-0.25, -0.2) is 8.42 Å². The summed E-state index contributed by atoms with van der Waals surface area (Å²) in [5.74, 6) is 0. The number of nitrogens with zero attached hydrogens (tertiary/aromatic N) is 1. The largest absolute Gasteiger partial charge is 0.365 e. The van der Waals surface area contributed by atoms with Crippen molar-refractivity contribution in [1.29, 1.82) is 0 Å². The van der Waals surface area contributed by atoms with Gasteiger partial charge in [0.2, 0.25) is 10.0 Å². The molecule has 1 fully saturated rings. The highest BCUT2D eigenvalue weighted by Gasteiger charge is 2.26. The third kappa shape index (κ3) is 3.16. The molecule has 1 aromatic rings. The van der Waals surface area contributed by atoms with Crippen molar-refractivity contribution in [2.24, 2.45) is 0 Å². The maximum Gasteiger partial charge on any atom is 0.245 e. The van der Waals surface area contributed by atoms with E-state index >= 15 is 0 Å². The topological polar surface area (TPSA) is 46.6 Å². The number of hydrogen-bond donors (Lipinski definition) is 0. The van der Waals surface area contributed by atoms with Crippen LogP contribution in [0.15, 0.2) is 29.2 Å². The predicted molar refractivity (Wildman–Crippen MR) is 74.5 cm³/mol. The summed E-state index contributed by atoms with van der Waals surface area (Å²) in [5.41, 5.74) is 1.15. The molecule has 0 radical (unpaired) electrons. The molecule has 4 nitrogen and oxygen atoms in total. The van der Waals surface area contributed by atoms with Crippen LogP contribution < -0.4 is 0 Å². The second-order valence-corrected chi connectivity index (χ2v) is 7.78.